The van der Waals surface area contributed by atoms with Crippen molar-refractivity contribution in [2.24, 2.45) is 0 Å². The number of carbonyl (C=O) groups is 1. The van der Waals surface area contributed by atoms with Crippen LogP contribution >= 0.6 is 22.7 Å². The van der Waals surface area contributed by atoms with Crippen molar-refractivity contribution in [3.05, 3.63) is 80.7 Å². The van der Waals surface area contributed by atoms with Crippen molar-refractivity contribution in [2.45, 2.75) is 12.6 Å². The number of ether oxygens (including phenoxy) is 1. The van der Waals surface area contributed by atoms with Crippen molar-refractivity contribution in [1.29, 1.82) is 0 Å². The standard InChI is InChI=1S/C18H17NO2S2/c20-17(12-21-11-14-5-2-1-3-6-14)19-18(15-8-10-22-13-15)16-7-4-9-23-16/h1-10,13,18H,11-12H2,(H,19,20)/t18-/m1/s1. The number of carbonyl (C=O) groups excluding carboxylic acids is 1. The highest BCUT2D eigenvalue weighted by molar-refractivity contribution is 7.10. The second-order valence-corrected chi connectivity index (χ2v) is 6.81. The van der Waals surface area contributed by atoms with Crippen LogP contribution in [0.3, 0.4) is 0 Å². The molecule has 3 rings (SSSR count). The van der Waals surface area contributed by atoms with E-state index < -0.39 is 0 Å². The number of hydrogen-bond acceptors (Lipinski definition) is 4. The third-order valence-corrected chi connectivity index (χ3v) is 4.99. The maximum Gasteiger partial charge on any atom is 0.246 e. The van der Waals surface area contributed by atoms with Gasteiger partial charge in [0.05, 0.1) is 12.6 Å². The SMILES string of the molecule is O=C(COCc1ccccc1)N[C@H](c1ccsc1)c1cccs1. The zero-order valence-corrected chi connectivity index (χ0v) is 14.1. The molecule has 3 nitrogen and oxygen atoms in total. The summed E-state index contributed by atoms with van der Waals surface area (Å²) in [5, 5.41) is 9.17. The van der Waals surface area contributed by atoms with E-state index in [1.54, 1.807) is 22.7 Å². The van der Waals surface area contributed by atoms with Crippen LogP contribution in [0.5, 0.6) is 0 Å². The minimum atomic E-state index is -0.106. The number of hydrogen-bond donors (Lipinski definition) is 1. The fourth-order valence-corrected chi connectivity index (χ4v) is 3.74. The van der Waals surface area contributed by atoms with Crippen LogP contribution in [0.15, 0.2) is 64.7 Å². The molecular weight excluding hydrogens is 326 g/mol. The van der Waals surface area contributed by atoms with Gasteiger partial charge >= 0.3 is 0 Å². The fraction of sp³-hybridized carbons (Fsp3) is 0.167. The summed E-state index contributed by atoms with van der Waals surface area (Å²) < 4.78 is 5.51. The van der Waals surface area contributed by atoms with Gasteiger partial charge in [0.15, 0.2) is 0 Å². The molecule has 0 saturated carbocycles. The molecular formula is C18H17NO2S2. The molecule has 0 bridgehead atoms. The first-order chi connectivity index (χ1) is 11.3. The Hall–Kier alpha value is -1.95. The van der Waals surface area contributed by atoms with Gasteiger partial charge in [-0.15, -0.1) is 11.3 Å². The van der Waals surface area contributed by atoms with Crippen molar-refractivity contribution in [3.8, 4) is 0 Å². The lowest BCUT2D eigenvalue weighted by Gasteiger charge is -2.16. The van der Waals surface area contributed by atoms with Gasteiger partial charge in [-0.25, -0.2) is 0 Å². The topological polar surface area (TPSA) is 38.3 Å². The monoisotopic (exact) mass is 343 g/mol. The summed E-state index contributed by atoms with van der Waals surface area (Å²) in [6, 6.07) is 15.8. The highest BCUT2D eigenvalue weighted by atomic mass is 32.1. The summed E-state index contributed by atoms with van der Waals surface area (Å²) in [6.45, 7) is 0.497. The number of benzene rings is 1. The average Bonchev–Trinajstić information content (AvgIpc) is 3.27. The normalized spacial score (nSPS) is 12.0. The summed E-state index contributed by atoms with van der Waals surface area (Å²) in [4.78, 5) is 13.3. The van der Waals surface area contributed by atoms with Crippen molar-refractivity contribution >= 4 is 28.6 Å². The number of rotatable bonds is 7. The van der Waals surface area contributed by atoms with Gasteiger partial charge in [0.25, 0.3) is 0 Å². The predicted molar refractivity (Wildman–Crippen MR) is 94.7 cm³/mol. The Morgan fingerprint density at radius 3 is 2.65 bits per heavy atom. The molecule has 3 aromatic rings. The summed E-state index contributed by atoms with van der Waals surface area (Å²) in [5.74, 6) is -0.106. The zero-order chi connectivity index (χ0) is 15.9. The molecule has 1 atom stereocenters. The molecule has 2 heterocycles. The minimum absolute atomic E-state index is 0.0565. The minimum Gasteiger partial charge on any atom is -0.367 e. The number of nitrogens with one attached hydrogen (secondary N) is 1. The van der Waals surface area contributed by atoms with Gasteiger partial charge < -0.3 is 10.1 Å². The van der Waals surface area contributed by atoms with E-state index in [1.807, 2.05) is 59.3 Å². The van der Waals surface area contributed by atoms with Gasteiger partial charge in [0.2, 0.25) is 5.91 Å². The Labute approximate surface area is 143 Å². The lowest BCUT2D eigenvalue weighted by Crippen LogP contribution is -2.31. The van der Waals surface area contributed by atoms with Crippen LogP contribution in [0.4, 0.5) is 0 Å². The van der Waals surface area contributed by atoms with Crippen LogP contribution in [0.1, 0.15) is 22.0 Å². The van der Waals surface area contributed by atoms with E-state index in [2.05, 4.69) is 10.7 Å². The van der Waals surface area contributed by atoms with Gasteiger partial charge in [-0.05, 0) is 39.4 Å². The van der Waals surface area contributed by atoms with Crippen LogP contribution in [0.2, 0.25) is 0 Å². The molecule has 2 aromatic heterocycles. The first kappa shape index (κ1) is 15.9. The fourth-order valence-electron chi connectivity index (χ4n) is 2.25. The van der Waals surface area contributed by atoms with E-state index in [0.29, 0.717) is 6.61 Å². The van der Waals surface area contributed by atoms with Crippen LogP contribution in [-0.2, 0) is 16.1 Å². The van der Waals surface area contributed by atoms with Gasteiger partial charge in [-0.3, -0.25) is 4.79 Å². The smallest absolute Gasteiger partial charge is 0.246 e. The van der Waals surface area contributed by atoms with Crippen LogP contribution in [0.25, 0.3) is 0 Å². The van der Waals surface area contributed by atoms with Crippen molar-refractivity contribution in [2.75, 3.05) is 6.61 Å². The molecule has 1 aromatic carbocycles. The van der Waals surface area contributed by atoms with E-state index in [0.717, 1.165) is 16.0 Å². The Bertz CT molecular complexity index is 675. The van der Waals surface area contributed by atoms with Crippen molar-refractivity contribution in [1.82, 2.24) is 5.32 Å². The third-order valence-electron chi connectivity index (χ3n) is 3.35. The lowest BCUT2D eigenvalue weighted by molar-refractivity contribution is -0.126. The third kappa shape index (κ3) is 4.51. The Kier molecular flexibility index (Phi) is 5.58. The highest BCUT2D eigenvalue weighted by Gasteiger charge is 2.18. The van der Waals surface area contributed by atoms with Crippen molar-refractivity contribution in [3.63, 3.8) is 0 Å². The molecule has 0 fully saturated rings. The molecule has 1 amide bonds. The van der Waals surface area contributed by atoms with Gasteiger partial charge in [-0.2, -0.15) is 11.3 Å². The first-order valence-electron chi connectivity index (χ1n) is 7.29. The van der Waals surface area contributed by atoms with E-state index in [4.69, 9.17) is 4.74 Å². The average molecular weight is 343 g/mol. The Morgan fingerprint density at radius 2 is 1.96 bits per heavy atom. The second kappa shape index (κ2) is 8.06. The molecule has 1 N–H and O–H groups in total. The molecule has 0 aliphatic rings. The van der Waals surface area contributed by atoms with E-state index in [-0.39, 0.29) is 18.6 Å². The molecule has 0 unspecified atom stereocenters. The quantitative estimate of drug-likeness (QED) is 0.697. The maximum atomic E-state index is 12.2. The van der Waals surface area contributed by atoms with Gasteiger partial charge in [0, 0.05) is 4.88 Å². The Balaban J connectivity index is 1.56. The van der Waals surface area contributed by atoms with Crippen LogP contribution in [0, 0.1) is 0 Å². The summed E-state index contributed by atoms with van der Waals surface area (Å²) in [5.41, 5.74) is 2.17. The molecule has 5 heteroatoms. The lowest BCUT2D eigenvalue weighted by atomic mass is 10.1. The summed E-state index contributed by atoms with van der Waals surface area (Å²) >= 11 is 3.27. The summed E-state index contributed by atoms with van der Waals surface area (Å²) in [7, 11) is 0. The molecule has 0 aliphatic carbocycles. The molecule has 118 valence electrons. The van der Waals surface area contributed by atoms with Crippen LogP contribution < -0.4 is 5.32 Å². The maximum absolute atomic E-state index is 12.2. The molecule has 0 aliphatic heterocycles. The van der Waals surface area contributed by atoms with Gasteiger partial charge in [-0.1, -0.05) is 36.4 Å². The molecule has 23 heavy (non-hydrogen) atoms. The first-order valence-corrected chi connectivity index (χ1v) is 9.12. The summed E-state index contributed by atoms with van der Waals surface area (Å²) in [6.07, 6.45) is 0. The molecule has 0 radical (unpaired) electrons. The largest absolute Gasteiger partial charge is 0.367 e. The van der Waals surface area contributed by atoms with Crippen molar-refractivity contribution < 1.29 is 9.53 Å². The Morgan fingerprint density at radius 1 is 1.09 bits per heavy atom. The highest BCUT2D eigenvalue weighted by Crippen LogP contribution is 2.27. The van der Waals surface area contributed by atoms with E-state index in [1.165, 1.54) is 0 Å². The van der Waals surface area contributed by atoms with E-state index in [9.17, 15) is 4.79 Å². The van der Waals surface area contributed by atoms with Crippen LogP contribution in [-0.4, -0.2) is 12.5 Å². The number of amides is 1. The second-order valence-electron chi connectivity index (χ2n) is 5.05. The van der Waals surface area contributed by atoms with E-state index >= 15 is 0 Å². The predicted octanol–water partition coefficient (Wildman–Crippen LogP) is 4.23. The van der Waals surface area contributed by atoms with Gasteiger partial charge in [0.1, 0.15) is 6.61 Å². The molecule has 0 spiro atoms. The zero-order valence-electron chi connectivity index (χ0n) is 12.5. The number of thiophene rings is 2. The molecule has 0 saturated heterocycles.